The molecule has 1 aromatic carbocycles. The minimum Gasteiger partial charge on any atom is -0.296 e. The van der Waals surface area contributed by atoms with E-state index in [4.69, 9.17) is 4.98 Å². The molecular formula is C20H20N6OS. The number of hydrogen-bond donors (Lipinski definition) is 1. The number of aryl methyl sites for hydroxylation is 3. The van der Waals surface area contributed by atoms with Gasteiger partial charge < -0.3 is 0 Å². The number of rotatable bonds is 5. The first-order chi connectivity index (χ1) is 13.6. The van der Waals surface area contributed by atoms with Crippen LogP contribution in [0.15, 0.2) is 36.4 Å². The molecule has 28 heavy (non-hydrogen) atoms. The normalized spacial score (nSPS) is 11.1. The third-order valence-corrected chi connectivity index (χ3v) is 5.33. The molecule has 8 heteroatoms. The molecule has 0 saturated carbocycles. The number of benzene rings is 1. The molecule has 0 spiro atoms. The Bertz CT molecular complexity index is 1150. The molecule has 0 radical (unpaired) electrons. The van der Waals surface area contributed by atoms with Crippen molar-refractivity contribution >= 4 is 33.4 Å². The van der Waals surface area contributed by atoms with Gasteiger partial charge in [-0.05, 0) is 19.4 Å². The summed E-state index contributed by atoms with van der Waals surface area (Å²) < 4.78 is 1.71. The van der Waals surface area contributed by atoms with Crippen molar-refractivity contribution in [2.75, 3.05) is 5.32 Å². The number of pyridine rings is 1. The molecule has 142 valence electrons. The predicted octanol–water partition coefficient (Wildman–Crippen LogP) is 4.00. The molecule has 0 aliphatic carbocycles. The first-order valence-electron chi connectivity index (χ1n) is 9.10. The number of carbonyl (C=O) groups is 1. The molecule has 3 heterocycles. The number of nitrogens with one attached hydrogen (secondary N) is 1. The van der Waals surface area contributed by atoms with Gasteiger partial charge in [0, 0.05) is 19.0 Å². The molecule has 0 unspecified atom stereocenters. The third-order valence-electron chi connectivity index (χ3n) is 4.43. The van der Waals surface area contributed by atoms with E-state index < -0.39 is 0 Å². The zero-order chi connectivity index (χ0) is 19.7. The van der Waals surface area contributed by atoms with Gasteiger partial charge in [-0.25, -0.2) is 4.98 Å². The van der Waals surface area contributed by atoms with Crippen molar-refractivity contribution in [2.45, 2.75) is 26.7 Å². The van der Waals surface area contributed by atoms with Crippen LogP contribution in [0.5, 0.6) is 0 Å². The molecule has 1 N–H and O–H groups in total. The average molecular weight is 392 g/mol. The maximum Gasteiger partial charge on any atom is 0.258 e. The van der Waals surface area contributed by atoms with Crippen LogP contribution in [-0.2, 0) is 13.5 Å². The standard InChI is InChI=1S/C20H20N6OS/c1-4-8-16-23-24-20(28-16)22-19(27)14-11-15(13-9-6-5-7-10-13)21-18-17(14)12(2)25-26(18)3/h5-7,9-11H,4,8H2,1-3H3,(H,22,24,27). The van der Waals surface area contributed by atoms with Gasteiger partial charge in [0.2, 0.25) is 5.13 Å². The maximum atomic E-state index is 13.1. The van der Waals surface area contributed by atoms with E-state index >= 15 is 0 Å². The molecule has 3 aromatic heterocycles. The summed E-state index contributed by atoms with van der Waals surface area (Å²) in [6.45, 7) is 3.97. The predicted molar refractivity (Wildman–Crippen MR) is 111 cm³/mol. The quantitative estimate of drug-likeness (QED) is 0.555. The van der Waals surface area contributed by atoms with E-state index in [1.54, 1.807) is 4.68 Å². The lowest BCUT2D eigenvalue weighted by Crippen LogP contribution is -2.13. The SMILES string of the molecule is CCCc1nnc(NC(=O)c2cc(-c3ccccc3)nc3c2c(C)nn3C)s1. The number of fused-ring (bicyclic) bond motifs is 1. The monoisotopic (exact) mass is 392 g/mol. The van der Waals surface area contributed by atoms with E-state index in [-0.39, 0.29) is 5.91 Å². The lowest BCUT2D eigenvalue weighted by molar-refractivity contribution is 0.102. The van der Waals surface area contributed by atoms with Crippen molar-refractivity contribution in [3.05, 3.63) is 52.7 Å². The highest BCUT2D eigenvalue weighted by Gasteiger charge is 2.20. The number of aromatic nitrogens is 5. The van der Waals surface area contributed by atoms with Crippen LogP contribution in [0.3, 0.4) is 0 Å². The summed E-state index contributed by atoms with van der Waals surface area (Å²) in [7, 11) is 1.83. The molecule has 1 amide bonds. The largest absolute Gasteiger partial charge is 0.296 e. The van der Waals surface area contributed by atoms with Gasteiger partial charge in [-0.2, -0.15) is 5.10 Å². The topological polar surface area (TPSA) is 85.6 Å². The fourth-order valence-corrected chi connectivity index (χ4v) is 4.00. The minimum absolute atomic E-state index is 0.236. The highest BCUT2D eigenvalue weighted by Crippen LogP contribution is 2.28. The smallest absolute Gasteiger partial charge is 0.258 e. The van der Waals surface area contributed by atoms with Crippen LogP contribution in [0.4, 0.5) is 5.13 Å². The van der Waals surface area contributed by atoms with E-state index in [2.05, 4.69) is 27.5 Å². The summed E-state index contributed by atoms with van der Waals surface area (Å²) in [6.07, 6.45) is 1.84. The van der Waals surface area contributed by atoms with Gasteiger partial charge >= 0.3 is 0 Å². The molecule has 0 aliphatic heterocycles. The van der Waals surface area contributed by atoms with Crippen LogP contribution in [-0.4, -0.2) is 30.9 Å². The molecule has 7 nitrogen and oxygen atoms in total. The Balaban J connectivity index is 1.78. The van der Waals surface area contributed by atoms with Crippen molar-refractivity contribution in [1.29, 1.82) is 0 Å². The Labute approximate surface area is 166 Å². The lowest BCUT2D eigenvalue weighted by Gasteiger charge is -2.08. The van der Waals surface area contributed by atoms with Crippen LogP contribution in [0.2, 0.25) is 0 Å². The molecule has 0 bridgehead atoms. The van der Waals surface area contributed by atoms with Crippen molar-refractivity contribution in [3.63, 3.8) is 0 Å². The van der Waals surface area contributed by atoms with E-state index in [9.17, 15) is 4.79 Å². The fraction of sp³-hybridized carbons (Fsp3) is 0.250. The average Bonchev–Trinajstić information content (AvgIpc) is 3.26. The second kappa shape index (κ2) is 7.47. The lowest BCUT2D eigenvalue weighted by atomic mass is 10.1. The molecule has 4 aromatic rings. The molecule has 0 saturated heterocycles. The summed E-state index contributed by atoms with van der Waals surface area (Å²) in [5.74, 6) is -0.236. The number of amides is 1. The Morgan fingerprint density at radius 1 is 1.21 bits per heavy atom. The van der Waals surface area contributed by atoms with Crippen LogP contribution >= 0.6 is 11.3 Å². The Kier molecular flexibility index (Phi) is 4.87. The molecule has 4 rings (SSSR count). The van der Waals surface area contributed by atoms with E-state index in [1.165, 1.54) is 11.3 Å². The van der Waals surface area contributed by atoms with Gasteiger partial charge in [0.05, 0.1) is 22.3 Å². The Morgan fingerprint density at radius 2 is 2.00 bits per heavy atom. The Morgan fingerprint density at radius 3 is 2.75 bits per heavy atom. The van der Waals surface area contributed by atoms with E-state index in [1.807, 2.05) is 50.4 Å². The molecule has 0 aliphatic rings. The number of anilines is 1. The van der Waals surface area contributed by atoms with Crippen LogP contribution in [0.1, 0.15) is 34.4 Å². The number of nitrogens with zero attached hydrogens (tertiary/aromatic N) is 5. The second-order valence-electron chi connectivity index (χ2n) is 6.53. The molecule has 0 atom stereocenters. The van der Waals surface area contributed by atoms with E-state index in [0.717, 1.165) is 40.2 Å². The van der Waals surface area contributed by atoms with Gasteiger partial charge in [0.15, 0.2) is 5.65 Å². The number of hydrogen-bond acceptors (Lipinski definition) is 6. The zero-order valence-electron chi connectivity index (χ0n) is 15.9. The van der Waals surface area contributed by atoms with Crippen LogP contribution < -0.4 is 5.32 Å². The first kappa shape index (κ1) is 18.2. The first-order valence-corrected chi connectivity index (χ1v) is 9.92. The van der Waals surface area contributed by atoms with Crippen LogP contribution in [0, 0.1) is 6.92 Å². The minimum atomic E-state index is -0.236. The summed E-state index contributed by atoms with van der Waals surface area (Å²) in [4.78, 5) is 17.8. The summed E-state index contributed by atoms with van der Waals surface area (Å²) in [5, 5.41) is 17.7. The third kappa shape index (κ3) is 3.38. The van der Waals surface area contributed by atoms with Gasteiger partial charge in [-0.15, -0.1) is 10.2 Å². The second-order valence-corrected chi connectivity index (χ2v) is 7.60. The Hall–Kier alpha value is -3.13. The molecular weight excluding hydrogens is 372 g/mol. The number of carbonyl (C=O) groups excluding carboxylic acids is 1. The highest BCUT2D eigenvalue weighted by atomic mass is 32.1. The molecule has 0 fully saturated rings. The van der Waals surface area contributed by atoms with E-state index in [0.29, 0.717) is 16.3 Å². The summed E-state index contributed by atoms with van der Waals surface area (Å²) in [6, 6.07) is 11.6. The fourth-order valence-electron chi connectivity index (χ4n) is 3.16. The summed E-state index contributed by atoms with van der Waals surface area (Å²) >= 11 is 1.41. The van der Waals surface area contributed by atoms with Gasteiger partial charge in [-0.3, -0.25) is 14.8 Å². The van der Waals surface area contributed by atoms with Crippen molar-refractivity contribution < 1.29 is 4.79 Å². The zero-order valence-corrected chi connectivity index (χ0v) is 16.7. The van der Waals surface area contributed by atoms with Crippen molar-refractivity contribution in [1.82, 2.24) is 25.0 Å². The summed E-state index contributed by atoms with van der Waals surface area (Å²) in [5.41, 5.74) is 3.64. The van der Waals surface area contributed by atoms with Gasteiger partial charge in [0.25, 0.3) is 5.91 Å². The van der Waals surface area contributed by atoms with Crippen LogP contribution in [0.25, 0.3) is 22.3 Å². The maximum absolute atomic E-state index is 13.1. The van der Waals surface area contributed by atoms with Crippen molar-refractivity contribution in [2.24, 2.45) is 7.05 Å². The van der Waals surface area contributed by atoms with Gasteiger partial charge in [-0.1, -0.05) is 48.6 Å². The van der Waals surface area contributed by atoms with Gasteiger partial charge in [0.1, 0.15) is 5.01 Å². The highest BCUT2D eigenvalue weighted by molar-refractivity contribution is 7.15. The van der Waals surface area contributed by atoms with Crippen molar-refractivity contribution in [3.8, 4) is 11.3 Å².